The zero-order valence-electron chi connectivity index (χ0n) is 33.6. The molecule has 0 aliphatic heterocycles. The maximum absolute atomic E-state index is 10.9. The Kier molecular flexibility index (Phi) is 8.18. The van der Waals surface area contributed by atoms with Crippen LogP contribution in [-0.2, 0) is 0 Å². The molecule has 0 fully saturated rings. The molecule has 278 valence electrons. The topological polar surface area (TPSA) is 46.5 Å². The van der Waals surface area contributed by atoms with E-state index < -0.39 is 0 Å². The van der Waals surface area contributed by atoms with Crippen molar-refractivity contribution in [2.45, 2.75) is 41.5 Å². The van der Waals surface area contributed by atoms with E-state index in [2.05, 4.69) is 202 Å². The third kappa shape index (κ3) is 5.78. The first-order valence-corrected chi connectivity index (χ1v) is 19.9. The molecule has 0 radical (unpaired) electrons. The van der Waals surface area contributed by atoms with Gasteiger partial charge in [0, 0.05) is 38.5 Å². The van der Waals surface area contributed by atoms with Crippen LogP contribution in [-0.4, -0.2) is 14.1 Å². The van der Waals surface area contributed by atoms with E-state index in [1.54, 1.807) is 0 Å². The summed E-state index contributed by atoms with van der Waals surface area (Å²) in [6.45, 7) is 12.8. The highest BCUT2D eigenvalue weighted by Crippen LogP contribution is 2.44. The number of para-hydroxylation sites is 2. The average Bonchev–Trinajstić information content (AvgIpc) is 3.71. The number of benzene rings is 7. The molecule has 0 aliphatic carbocycles. The van der Waals surface area contributed by atoms with E-state index in [1.165, 1.54) is 33.4 Å². The molecule has 0 unspecified atom stereocenters. The first kappa shape index (κ1) is 35.2. The lowest BCUT2D eigenvalue weighted by Crippen LogP contribution is -2.06. The van der Waals surface area contributed by atoms with E-state index in [0.29, 0.717) is 5.56 Å². The van der Waals surface area contributed by atoms with Gasteiger partial charge in [0.25, 0.3) is 0 Å². The van der Waals surface area contributed by atoms with Crippen LogP contribution in [0, 0.1) is 52.9 Å². The molecule has 4 heteroatoms. The predicted molar refractivity (Wildman–Crippen MR) is 242 cm³/mol. The minimum absolute atomic E-state index is 0.587. The molecule has 0 N–H and O–H groups in total. The van der Waals surface area contributed by atoms with E-state index >= 15 is 0 Å². The zero-order valence-corrected chi connectivity index (χ0v) is 33.6. The van der Waals surface area contributed by atoms with Crippen molar-refractivity contribution in [2.24, 2.45) is 0 Å². The van der Waals surface area contributed by atoms with Gasteiger partial charge in [-0.1, -0.05) is 119 Å². The van der Waals surface area contributed by atoms with Gasteiger partial charge in [0.15, 0.2) is 0 Å². The van der Waals surface area contributed by atoms with Gasteiger partial charge in [-0.25, -0.2) is 0 Å². The number of aryl methyl sites for hydroxylation is 6. The van der Waals surface area contributed by atoms with Crippen LogP contribution in [0.5, 0.6) is 0 Å². The fourth-order valence-electron chi connectivity index (χ4n) is 9.41. The Morgan fingerprint density at radius 1 is 0.397 bits per heavy atom. The van der Waals surface area contributed by atoms with Crippen molar-refractivity contribution in [3.05, 3.63) is 185 Å². The molecule has 0 amide bonds. The van der Waals surface area contributed by atoms with Gasteiger partial charge < -0.3 is 9.13 Å². The van der Waals surface area contributed by atoms with Crippen molar-refractivity contribution in [2.75, 3.05) is 0 Å². The number of pyridine rings is 1. The zero-order chi connectivity index (χ0) is 39.8. The summed E-state index contributed by atoms with van der Waals surface area (Å²) in [7, 11) is 0. The highest BCUT2D eigenvalue weighted by atomic mass is 15.0. The van der Waals surface area contributed by atoms with Crippen LogP contribution >= 0.6 is 0 Å². The Morgan fingerprint density at radius 2 is 0.810 bits per heavy atom. The summed E-state index contributed by atoms with van der Waals surface area (Å²) in [5.74, 6) is 0. The molecule has 10 aromatic rings. The normalized spacial score (nSPS) is 11.6. The van der Waals surface area contributed by atoms with Crippen LogP contribution in [0.2, 0.25) is 0 Å². The third-order valence-corrected chi connectivity index (χ3v) is 11.5. The van der Waals surface area contributed by atoms with Crippen LogP contribution in [0.1, 0.15) is 39.2 Å². The summed E-state index contributed by atoms with van der Waals surface area (Å²) >= 11 is 0. The Hall–Kier alpha value is -7.22. The number of fused-ring (bicyclic) bond motifs is 6. The molecule has 10 rings (SSSR count). The standard InChI is InChI=1S/C54H42N4/c1-32-19-33(2)22-41(21-32)39-15-17-46-44-11-7-9-13-48(44)57(50(46)29-39)52-27-38(31-55)28-53(54(52)43-25-36(5)56-37(6)26-43)58-49-14-10-8-12-45(49)47-18-16-40(30-51(47)58)42-23-34(3)20-35(4)24-42/h7-30H,1-6H3. The van der Waals surface area contributed by atoms with Crippen LogP contribution in [0.4, 0.5) is 0 Å². The summed E-state index contributed by atoms with van der Waals surface area (Å²) in [5.41, 5.74) is 20.4. The summed E-state index contributed by atoms with van der Waals surface area (Å²) in [5, 5.41) is 15.5. The first-order valence-electron chi connectivity index (χ1n) is 19.9. The lowest BCUT2D eigenvalue weighted by atomic mass is 9.97. The van der Waals surface area contributed by atoms with Crippen molar-refractivity contribution in [3.63, 3.8) is 0 Å². The largest absolute Gasteiger partial charge is 0.308 e. The molecule has 0 bridgehead atoms. The second kappa shape index (κ2) is 13.5. The number of nitriles is 1. The SMILES string of the molecule is Cc1cc(C)cc(-c2ccc3c4ccccc4n(-c4cc(C#N)cc(-n5c6ccccc6c6ccc(-c7cc(C)cc(C)c7)cc65)c4-c4cc(C)nc(C)c4)c3c2)c1. The number of hydrogen-bond donors (Lipinski definition) is 0. The van der Waals surface area contributed by atoms with Crippen LogP contribution in [0.25, 0.3) is 88.4 Å². The summed E-state index contributed by atoms with van der Waals surface area (Å²) < 4.78 is 4.77. The van der Waals surface area contributed by atoms with Crippen molar-refractivity contribution in [1.82, 2.24) is 14.1 Å². The number of hydrogen-bond acceptors (Lipinski definition) is 2. The third-order valence-electron chi connectivity index (χ3n) is 11.5. The van der Waals surface area contributed by atoms with Gasteiger partial charge in [0.1, 0.15) is 0 Å². The van der Waals surface area contributed by atoms with Gasteiger partial charge >= 0.3 is 0 Å². The van der Waals surface area contributed by atoms with Crippen LogP contribution < -0.4 is 0 Å². The number of nitrogens with zero attached hydrogens (tertiary/aromatic N) is 4. The Bertz CT molecular complexity index is 3120. The van der Waals surface area contributed by atoms with Gasteiger partial charge in [0.05, 0.1) is 45.1 Å². The van der Waals surface area contributed by atoms with E-state index in [1.807, 2.05) is 0 Å². The fraction of sp³-hybridized carbons (Fsp3) is 0.111. The maximum Gasteiger partial charge on any atom is 0.0993 e. The van der Waals surface area contributed by atoms with Gasteiger partial charge in [-0.15, -0.1) is 0 Å². The Labute approximate surface area is 338 Å². The molecule has 0 saturated carbocycles. The van der Waals surface area contributed by atoms with Gasteiger partial charge in [-0.3, -0.25) is 4.98 Å². The highest BCUT2D eigenvalue weighted by Gasteiger charge is 2.24. The monoisotopic (exact) mass is 746 g/mol. The molecule has 0 spiro atoms. The minimum Gasteiger partial charge on any atom is -0.308 e. The minimum atomic E-state index is 0.587. The van der Waals surface area contributed by atoms with Crippen molar-refractivity contribution >= 4 is 43.6 Å². The molecule has 4 nitrogen and oxygen atoms in total. The van der Waals surface area contributed by atoms with Crippen LogP contribution in [0.3, 0.4) is 0 Å². The smallest absolute Gasteiger partial charge is 0.0993 e. The maximum atomic E-state index is 10.9. The lowest BCUT2D eigenvalue weighted by Gasteiger charge is -2.21. The highest BCUT2D eigenvalue weighted by molar-refractivity contribution is 6.13. The summed E-state index contributed by atoms with van der Waals surface area (Å²) in [6.07, 6.45) is 0. The van der Waals surface area contributed by atoms with Gasteiger partial charge in [-0.05, 0) is 118 Å². The lowest BCUT2D eigenvalue weighted by molar-refractivity contribution is 1.11. The van der Waals surface area contributed by atoms with E-state index in [0.717, 1.165) is 88.6 Å². The summed E-state index contributed by atoms with van der Waals surface area (Å²) in [4.78, 5) is 4.83. The molecule has 58 heavy (non-hydrogen) atoms. The Balaban J connectivity index is 1.37. The predicted octanol–water partition coefficient (Wildman–Crippen LogP) is 14.0. The molecule has 0 atom stereocenters. The van der Waals surface area contributed by atoms with Crippen molar-refractivity contribution in [1.29, 1.82) is 5.26 Å². The summed E-state index contributed by atoms with van der Waals surface area (Å²) in [6, 6.07) is 55.5. The molecule has 3 aromatic heterocycles. The number of rotatable bonds is 5. The van der Waals surface area contributed by atoms with Gasteiger partial charge in [0.2, 0.25) is 0 Å². The molecular weight excluding hydrogens is 705 g/mol. The van der Waals surface area contributed by atoms with Crippen molar-refractivity contribution < 1.29 is 0 Å². The molecular formula is C54H42N4. The number of aromatic nitrogens is 3. The molecule has 0 aliphatic rings. The average molecular weight is 747 g/mol. The van der Waals surface area contributed by atoms with E-state index in [-0.39, 0.29) is 0 Å². The second-order valence-electron chi connectivity index (χ2n) is 16.1. The molecule has 3 heterocycles. The quantitative estimate of drug-likeness (QED) is 0.176. The molecule has 0 saturated heterocycles. The van der Waals surface area contributed by atoms with Crippen molar-refractivity contribution in [3.8, 4) is 50.8 Å². The first-order chi connectivity index (χ1) is 28.1. The Morgan fingerprint density at radius 3 is 1.24 bits per heavy atom. The van der Waals surface area contributed by atoms with Crippen LogP contribution in [0.15, 0.2) is 146 Å². The molecule has 7 aromatic carbocycles. The van der Waals surface area contributed by atoms with E-state index in [4.69, 9.17) is 4.98 Å². The van der Waals surface area contributed by atoms with E-state index in [9.17, 15) is 5.26 Å². The van der Waals surface area contributed by atoms with Gasteiger partial charge in [-0.2, -0.15) is 5.26 Å². The fourth-order valence-corrected chi connectivity index (χ4v) is 9.41. The second-order valence-corrected chi connectivity index (χ2v) is 16.1.